The fourth-order valence-corrected chi connectivity index (χ4v) is 4.31. The van der Waals surface area contributed by atoms with Crippen molar-refractivity contribution in [1.82, 2.24) is 4.98 Å². The smallest absolute Gasteiger partial charge is 0.223 e. The summed E-state index contributed by atoms with van der Waals surface area (Å²) >= 11 is 0. The fourth-order valence-electron chi connectivity index (χ4n) is 4.31. The molecule has 0 aliphatic heterocycles. The van der Waals surface area contributed by atoms with E-state index in [1.54, 1.807) is 11.8 Å². The largest absolute Gasteiger partial charge is 0.488 e. The highest BCUT2D eigenvalue weighted by Gasteiger charge is 2.20. The summed E-state index contributed by atoms with van der Waals surface area (Å²) in [5, 5.41) is 0. The molecule has 0 N–H and O–H groups in total. The van der Waals surface area contributed by atoms with Crippen LogP contribution in [-0.4, -0.2) is 17.9 Å². The Morgan fingerprint density at radius 1 is 1.03 bits per heavy atom. The van der Waals surface area contributed by atoms with Crippen molar-refractivity contribution in [1.29, 1.82) is 0 Å². The lowest BCUT2D eigenvalue weighted by atomic mass is 9.93. The Morgan fingerprint density at radius 3 is 2.24 bits per heavy atom. The number of rotatable bonds is 8. The quantitative estimate of drug-likeness (QED) is 0.359. The van der Waals surface area contributed by atoms with Crippen LogP contribution in [0.5, 0.6) is 5.75 Å². The van der Waals surface area contributed by atoms with Crippen LogP contribution in [-0.2, 0) is 24.2 Å². The zero-order valence-electron chi connectivity index (χ0n) is 22.0. The molecule has 3 rings (SSSR count). The molecule has 0 bridgehead atoms. The van der Waals surface area contributed by atoms with Crippen LogP contribution in [0.15, 0.2) is 42.5 Å². The van der Waals surface area contributed by atoms with E-state index in [1.807, 2.05) is 14.0 Å². The van der Waals surface area contributed by atoms with Crippen molar-refractivity contribution < 1.29 is 9.53 Å². The molecule has 4 heteroatoms. The second-order valence-electron chi connectivity index (χ2n) is 9.30. The molecule has 0 spiro atoms. The lowest BCUT2D eigenvalue weighted by Crippen LogP contribution is -2.25. The molecule has 0 unspecified atom stereocenters. The predicted octanol–water partition coefficient (Wildman–Crippen LogP) is 7.18. The van der Waals surface area contributed by atoms with Gasteiger partial charge in [-0.25, -0.2) is 0 Å². The molecule has 4 nitrogen and oxygen atoms in total. The number of aryl methyl sites for hydroxylation is 4. The van der Waals surface area contributed by atoms with Crippen molar-refractivity contribution in [2.45, 2.75) is 73.8 Å². The number of nitrogens with zero attached hydrogens (tertiary/aromatic N) is 2. The van der Waals surface area contributed by atoms with E-state index in [4.69, 9.17) is 9.72 Å². The summed E-state index contributed by atoms with van der Waals surface area (Å²) in [5.74, 6) is 1.28. The molecule has 0 radical (unpaired) electrons. The van der Waals surface area contributed by atoms with Gasteiger partial charge >= 0.3 is 0 Å². The van der Waals surface area contributed by atoms with E-state index in [9.17, 15) is 4.79 Å². The van der Waals surface area contributed by atoms with E-state index >= 15 is 0 Å². The number of pyridine rings is 1. The van der Waals surface area contributed by atoms with Gasteiger partial charge in [0.15, 0.2) is 0 Å². The molecular formula is C30H38N2O2. The Bertz CT molecular complexity index is 1160. The third-order valence-electron chi connectivity index (χ3n) is 6.65. The Kier molecular flexibility index (Phi) is 8.14. The van der Waals surface area contributed by atoms with Crippen molar-refractivity contribution in [3.63, 3.8) is 0 Å². The van der Waals surface area contributed by atoms with Crippen LogP contribution in [0.25, 0.3) is 11.3 Å². The number of hydrogen-bond donors (Lipinski definition) is 0. The van der Waals surface area contributed by atoms with Gasteiger partial charge in [-0.1, -0.05) is 58.0 Å². The van der Waals surface area contributed by atoms with Crippen LogP contribution in [0.1, 0.15) is 74.0 Å². The average Bonchev–Trinajstić information content (AvgIpc) is 2.82. The summed E-state index contributed by atoms with van der Waals surface area (Å²) in [5.41, 5.74) is 9.64. The van der Waals surface area contributed by atoms with Crippen molar-refractivity contribution in [3.05, 3.63) is 76.0 Å². The van der Waals surface area contributed by atoms with Gasteiger partial charge in [-0.05, 0) is 67.0 Å². The van der Waals surface area contributed by atoms with Crippen LogP contribution in [0, 0.1) is 13.8 Å². The zero-order valence-corrected chi connectivity index (χ0v) is 22.0. The zero-order chi connectivity index (χ0) is 25.0. The maximum absolute atomic E-state index is 12.4. The van der Waals surface area contributed by atoms with Gasteiger partial charge in [0.1, 0.15) is 12.4 Å². The van der Waals surface area contributed by atoms with E-state index in [1.165, 1.54) is 22.3 Å². The molecule has 0 aliphatic carbocycles. The first-order chi connectivity index (χ1) is 16.2. The topological polar surface area (TPSA) is 42.4 Å². The molecule has 1 heterocycles. The highest BCUT2D eigenvalue weighted by molar-refractivity contribution is 5.92. The average molecular weight is 459 g/mol. The van der Waals surface area contributed by atoms with E-state index in [0.29, 0.717) is 12.5 Å². The second kappa shape index (κ2) is 10.9. The first-order valence-electron chi connectivity index (χ1n) is 12.3. The molecule has 0 fully saturated rings. The minimum absolute atomic E-state index is 0.0183. The standard InChI is InChI=1S/C30H38N2O2/c1-9-23-12-11-13-24(10-2)30(23)27-17-28(32(8)22(7)33)26(21(6)31-27)18-34-29-16-25(19(3)4)15-14-20(29)5/h11-17,19H,9-10,18H2,1-8H3. The minimum atomic E-state index is -0.0183. The van der Waals surface area contributed by atoms with Gasteiger partial charge < -0.3 is 9.64 Å². The Morgan fingerprint density at radius 2 is 1.68 bits per heavy atom. The fraction of sp³-hybridized carbons (Fsp3) is 0.400. The number of carbonyl (C=O) groups excluding carboxylic acids is 1. The summed E-state index contributed by atoms with van der Waals surface area (Å²) in [4.78, 5) is 19.1. The molecule has 1 aromatic heterocycles. The van der Waals surface area contributed by atoms with E-state index in [-0.39, 0.29) is 5.91 Å². The molecule has 1 amide bonds. The number of amides is 1. The highest BCUT2D eigenvalue weighted by Crippen LogP contribution is 2.34. The van der Waals surface area contributed by atoms with Crippen LogP contribution in [0.4, 0.5) is 5.69 Å². The first kappa shape index (κ1) is 25.5. The highest BCUT2D eigenvalue weighted by atomic mass is 16.5. The Balaban J connectivity index is 2.10. The molecule has 3 aromatic rings. The number of benzene rings is 2. The number of hydrogen-bond acceptors (Lipinski definition) is 3. The van der Waals surface area contributed by atoms with Crippen LogP contribution in [0.3, 0.4) is 0 Å². The third kappa shape index (κ3) is 5.32. The molecular weight excluding hydrogens is 420 g/mol. The molecule has 0 saturated carbocycles. The number of carbonyl (C=O) groups is 1. The molecule has 0 saturated heterocycles. The third-order valence-corrected chi connectivity index (χ3v) is 6.65. The van der Waals surface area contributed by atoms with E-state index < -0.39 is 0 Å². The molecule has 0 aliphatic rings. The van der Waals surface area contributed by atoms with Crippen molar-refractivity contribution in [2.75, 3.05) is 11.9 Å². The monoisotopic (exact) mass is 458 g/mol. The van der Waals surface area contributed by atoms with Crippen LogP contribution < -0.4 is 9.64 Å². The predicted molar refractivity (Wildman–Crippen MR) is 142 cm³/mol. The van der Waals surface area contributed by atoms with Crippen LogP contribution >= 0.6 is 0 Å². The number of anilines is 1. The summed E-state index contributed by atoms with van der Waals surface area (Å²) < 4.78 is 6.32. The lowest BCUT2D eigenvalue weighted by molar-refractivity contribution is -0.116. The van der Waals surface area contributed by atoms with Crippen LogP contribution in [0.2, 0.25) is 0 Å². The van der Waals surface area contributed by atoms with Crippen molar-refractivity contribution in [3.8, 4) is 17.0 Å². The van der Waals surface area contributed by atoms with Gasteiger partial charge in [0.05, 0.1) is 11.4 Å². The van der Waals surface area contributed by atoms with Gasteiger partial charge in [-0.15, -0.1) is 0 Å². The summed E-state index contributed by atoms with van der Waals surface area (Å²) in [7, 11) is 1.82. The summed E-state index contributed by atoms with van der Waals surface area (Å²) in [6.07, 6.45) is 1.86. The molecule has 34 heavy (non-hydrogen) atoms. The number of ether oxygens (including phenoxy) is 1. The lowest BCUT2D eigenvalue weighted by Gasteiger charge is -2.23. The second-order valence-corrected chi connectivity index (χ2v) is 9.30. The van der Waals surface area contributed by atoms with Gasteiger partial charge in [0.2, 0.25) is 5.91 Å². The minimum Gasteiger partial charge on any atom is -0.488 e. The molecule has 2 aromatic carbocycles. The first-order valence-corrected chi connectivity index (χ1v) is 12.3. The van der Waals surface area contributed by atoms with E-state index in [0.717, 1.165) is 46.8 Å². The number of aromatic nitrogens is 1. The maximum Gasteiger partial charge on any atom is 0.223 e. The Labute approximate surface area is 205 Å². The Hall–Kier alpha value is -3.14. The van der Waals surface area contributed by atoms with Crippen molar-refractivity contribution >= 4 is 11.6 Å². The van der Waals surface area contributed by atoms with Gasteiger partial charge in [0.25, 0.3) is 0 Å². The van der Waals surface area contributed by atoms with Gasteiger partial charge in [-0.2, -0.15) is 0 Å². The summed E-state index contributed by atoms with van der Waals surface area (Å²) in [6.45, 7) is 14.7. The molecule has 0 atom stereocenters. The van der Waals surface area contributed by atoms with Crippen molar-refractivity contribution in [2.24, 2.45) is 0 Å². The van der Waals surface area contributed by atoms with Gasteiger partial charge in [0, 0.05) is 30.8 Å². The SMILES string of the molecule is CCc1cccc(CC)c1-c1cc(N(C)C(C)=O)c(COc2cc(C(C)C)ccc2C)c(C)n1. The molecule has 180 valence electrons. The van der Waals surface area contributed by atoms with Gasteiger partial charge in [-0.3, -0.25) is 9.78 Å². The van der Waals surface area contributed by atoms with E-state index in [2.05, 4.69) is 77.1 Å². The maximum atomic E-state index is 12.4. The summed E-state index contributed by atoms with van der Waals surface area (Å²) in [6, 6.07) is 14.9. The normalized spacial score (nSPS) is 11.1.